The molecule has 2 heterocycles. The predicted octanol–water partition coefficient (Wildman–Crippen LogP) is 1.28. The number of ether oxygens (including phenoxy) is 1. The van der Waals surface area contributed by atoms with E-state index in [1.54, 1.807) is 11.4 Å². The third-order valence-electron chi connectivity index (χ3n) is 3.33. The molecule has 1 aromatic rings. The van der Waals surface area contributed by atoms with Crippen molar-refractivity contribution in [1.82, 2.24) is 4.90 Å². The molecule has 0 unspecified atom stereocenters. The van der Waals surface area contributed by atoms with Gasteiger partial charge in [-0.15, -0.1) is 11.3 Å². The summed E-state index contributed by atoms with van der Waals surface area (Å²) < 4.78 is 5.66. The second-order valence-corrected chi connectivity index (χ2v) is 6.26. The highest BCUT2D eigenvalue weighted by atomic mass is 32.1. The van der Waals surface area contributed by atoms with Crippen LogP contribution in [0.5, 0.6) is 0 Å². The monoisotopic (exact) mass is 311 g/mol. The highest BCUT2D eigenvalue weighted by molar-refractivity contribution is 7.14. The van der Waals surface area contributed by atoms with Crippen molar-refractivity contribution in [3.8, 4) is 0 Å². The second kappa shape index (κ2) is 7.02. The van der Waals surface area contributed by atoms with Crippen LogP contribution in [-0.2, 0) is 9.53 Å². The minimum atomic E-state index is -0.526. The maximum atomic E-state index is 12.0. The first kappa shape index (κ1) is 15.9. The van der Waals surface area contributed by atoms with E-state index in [1.807, 2.05) is 13.8 Å². The van der Waals surface area contributed by atoms with Gasteiger partial charge in [-0.25, -0.2) is 0 Å². The van der Waals surface area contributed by atoms with Crippen LogP contribution in [-0.4, -0.2) is 48.6 Å². The number of hydrogen-bond acceptors (Lipinski definition) is 5. The van der Waals surface area contributed by atoms with E-state index >= 15 is 0 Å². The van der Waals surface area contributed by atoms with Crippen molar-refractivity contribution in [1.29, 1.82) is 0 Å². The zero-order chi connectivity index (χ0) is 15.4. The van der Waals surface area contributed by atoms with Crippen LogP contribution >= 0.6 is 11.3 Å². The number of rotatable bonds is 5. The van der Waals surface area contributed by atoms with Gasteiger partial charge < -0.3 is 15.8 Å². The van der Waals surface area contributed by atoms with Gasteiger partial charge in [-0.2, -0.15) is 0 Å². The van der Waals surface area contributed by atoms with Crippen LogP contribution in [0.3, 0.4) is 0 Å². The highest BCUT2D eigenvalue weighted by Crippen LogP contribution is 2.22. The molecule has 2 rings (SSSR count). The van der Waals surface area contributed by atoms with Gasteiger partial charge in [-0.05, 0) is 25.3 Å². The molecular formula is C14H21N3O3S. The molecule has 1 aliphatic rings. The lowest BCUT2D eigenvalue weighted by atomic mass is 10.2. The summed E-state index contributed by atoms with van der Waals surface area (Å²) >= 11 is 1.30. The van der Waals surface area contributed by atoms with Crippen molar-refractivity contribution in [3.63, 3.8) is 0 Å². The van der Waals surface area contributed by atoms with Crippen LogP contribution in [0.2, 0.25) is 0 Å². The lowest BCUT2D eigenvalue weighted by molar-refractivity contribution is -0.117. The normalized spacial score (nSPS) is 23.0. The minimum Gasteiger partial charge on any atom is -0.373 e. The number of primary amides is 1. The van der Waals surface area contributed by atoms with Crippen LogP contribution in [0.15, 0.2) is 11.4 Å². The Bertz CT molecular complexity index is 507. The molecule has 116 valence electrons. The van der Waals surface area contributed by atoms with E-state index in [4.69, 9.17) is 10.5 Å². The molecule has 2 amide bonds. The Balaban J connectivity index is 1.82. The number of anilines is 1. The fourth-order valence-electron chi connectivity index (χ4n) is 2.52. The zero-order valence-electron chi connectivity index (χ0n) is 12.3. The molecule has 0 radical (unpaired) electrons. The lowest BCUT2D eigenvalue weighted by Gasteiger charge is -2.35. The van der Waals surface area contributed by atoms with Gasteiger partial charge in [0, 0.05) is 26.1 Å². The average Bonchev–Trinajstić information content (AvgIpc) is 2.83. The number of morpholine rings is 1. The van der Waals surface area contributed by atoms with Crippen LogP contribution in [0, 0.1) is 0 Å². The SMILES string of the molecule is C[C@H]1CN(CCC(=O)Nc2sccc2C(N)=O)C[C@H](C)O1. The van der Waals surface area contributed by atoms with Gasteiger partial charge in [0.05, 0.1) is 17.8 Å². The van der Waals surface area contributed by atoms with Crippen LogP contribution in [0.1, 0.15) is 30.6 Å². The summed E-state index contributed by atoms with van der Waals surface area (Å²) in [6.45, 7) is 6.43. The average molecular weight is 311 g/mol. The van der Waals surface area contributed by atoms with E-state index < -0.39 is 5.91 Å². The molecule has 7 heteroatoms. The third kappa shape index (κ3) is 4.52. The number of carbonyl (C=O) groups excluding carboxylic acids is 2. The number of thiophene rings is 1. The highest BCUT2D eigenvalue weighted by Gasteiger charge is 2.22. The lowest BCUT2D eigenvalue weighted by Crippen LogP contribution is -2.46. The molecule has 6 nitrogen and oxygen atoms in total. The molecule has 1 saturated heterocycles. The van der Waals surface area contributed by atoms with E-state index in [9.17, 15) is 9.59 Å². The molecule has 21 heavy (non-hydrogen) atoms. The summed E-state index contributed by atoms with van der Waals surface area (Å²) in [5.41, 5.74) is 5.61. The van der Waals surface area contributed by atoms with E-state index in [2.05, 4.69) is 10.2 Å². The summed E-state index contributed by atoms with van der Waals surface area (Å²) in [6, 6.07) is 1.62. The number of hydrogen-bond donors (Lipinski definition) is 2. The van der Waals surface area contributed by atoms with E-state index in [0.717, 1.165) is 13.1 Å². The van der Waals surface area contributed by atoms with Gasteiger partial charge in [-0.3, -0.25) is 14.5 Å². The van der Waals surface area contributed by atoms with Crippen LogP contribution < -0.4 is 11.1 Å². The summed E-state index contributed by atoms with van der Waals surface area (Å²) in [5.74, 6) is -0.630. The van der Waals surface area contributed by atoms with Crippen molar-refractivity contribution < 1.29 is 14.3 Å². The maximum Gasteiger partial charge on any atom is 0.251 e. The Morgan fingerprint density at radius 2 is 2.10 bits per heavy atom. The molecule has 1 fully saturated rings. The van der Waals surface area contributed by atoms with Crippen molar-refractivity contribution >= 4 is 28.2 Å². The number of carbonyl (C=O) groups is 2. The number of amides is 2. The fraction of sp³-hybridized carbons (Fsp3) is 0.571. The molecule has 2 atom stereocenters. The van der Waals surface area contributed by atoms with Gasteiger partial charge in [0.25, 0.3) is 5.91 Å². The predicted molar refractivity (Wildman–Crippen MR) is 82.5 cm³/mol. The van der Waals surface area contributed by atoms with Gasteiger partial charge in [0.15, 0.2) is 0 Å². The molecule has 0 saturated carbocycles. The molecule has 3 N–H and O–H groups in total. The Morgan fingerprint density at radius 1 is 1.43 bits per heavy atom. The van der Waals surface area contributed by atoms with Crippen molar-refractivity contribution in [2.75, 3.05) is 25.0 Å². The number of nitrogens with one attached hydrogen (secondary N) is 1. The van der Waals surface area contributed by atoms with Crippen LogP contribution in [0.25, 0.3) is 0 Å². The Labute approximate surface area is 128 Å². The molecule has 1 aliphatic heterocycles. The quantitative estimate of drug-likeness (QED) is 0.858. The number of nitrogens with zero attached hydrogens (tertiary/aromatic N) is 1. The van der Waals surface area contributed by atoms with E-state index in [1.165, 1.54) is 11.3 Å². The first-order chi connectivity index (χ1) is 9.95. The number of nitrogens with two attached hydrogens (primary N) is 1. The third-order valence-corrected chi connectivity index (χ3v) is 4.16. The topological polar surface area (TPSA) is 84.7 Å². The first-order valence-corrected chi connectivity index (χ1v) is 7.88. The standard InChI is InChI=1S/C14H21N3O3S/c1-9-7-17(8-10(2)20-9)5-3-12(18)16-14-11(13(15)19)4-6-21-14/h4,6,9-10H,3,5,7-8H2,1-2H3,(H2,15,19)(H,16,18)/t9-,10-/m0/s1. The summed E-state index contributed by atoms with van der Waals surface area (Å²) in [7, 11) is 0. The zero-order valence-corrected chi connectivity index (χ0v) is 13.1. The van der Waals surface area contributed by atoms with Crippen molar-refractivity contribution in [2.24, 2.45) is 5.73 Å². The Hall–Kier alpha value is -1.44. The van der Waals surface area contributed by atoms with Crippen LogP contribution in [0.4, 0.5) is 5.00 Å². The van der Waals surface area contributed by atoms with Crippen molar-refractivity contribution in [2.45, 2.75) is 32.5 Å². The van der Waals surface area contributed by atoms with E-state index in [-0.39, 0.29) is 18.1 Å². The van der Waals surface area contributed by atoms with E-state index in [0.29, 0.717) is 23.5 Å². The maximum absolute atomic E-state index is 12.0. The summed E-state index contributed by atoms with van der Waals surface area (Å²) in [6.07, 6.45) is 0.765. The second-order valence-electron chi connectivity index (χ2n) is 5.34. The Kier molecular flexibility index (Phi) is 5.33. The summed E-state index contributed by atoms with van der Waals surface area (Å²) in [4.78, 5) is 25.4. The molecule has 0 spiro atoms. The first-order valence-electron chi connectivity index (χ1n) is 7.00. The van der Waals surface area contributed by atoms with Gasteiger partial charge in [0.1, 0.15) is 5.00 Å². The Morgan fingerprint density at radius 3 is 2.71 bits per heavy atom. The fourth-order valence-corrected chi connectivity index (χ4v) is 3.32. The van der Waals surface area contributed by atoms with Crippen molar-refractivity contribution in [3.05, 3.63) is 17.0 Å². The molecular weight excluding hydrogens is 290 g/mol. The van der Waals surface area contributed by atoms with Gasteiger partial charge in [0.2, 0.25) is 5.91 Å². The smallest absolute Gasteiger partial charge is 0.251 e. The molecule has 0 aromatic carbocycles. The van der Waals surface area contributed by atoms with Gasteiger partial charge >= 0.3 is 0 Å². The molecule has 0 bridgehead atoms. The molecule has 0 aliphatic carbocycles. The minimum absolute atomic E-state index is 0.105. The molecule has 1 aromatic heterocycles. The van der Waals surface area contributed by atoms with Gasteiger partial charge in [-0.1, -0.05) is 0 Å². The largest absolute Gasteiger partial charge is 0.373 e. The summed E-state index contributed by atoms with van der Waals surface area (Å²) in [5, 5.41) is 5.02.